The Balaban J connectivity index is 4.03. The maximum Gasteiger partial charge on any atom is 0.302 e. The van der Waals surface area contributed by atoms with Crippen molar-refractivity contribution in [3.8, 4) is 0 Å². The quantitative estimate of drug-likeness (QED) is 0.497. The second kappa shape index (κ2) is 5.90. The zero-order valence-corrected chi connectivity index (χ0v) is 9.78. The lowest BCUT2D eigenvalue weighted by atomic mass is 10.9. The summed E-state index contributed by atoms with van der Waals surface area (Å²) in [6, 6.07) is 0. The predicted octanol–water partition coefficient (Wildman–Crippen LogP) is 1.56. The third-order valence-electron chi connectivity index (χ3n) is 1.68. The molecular weight excluding hydrogens is 195 g/mol. The minimum Gasteiger partial charge on any atom is -0.268 e. The van der Waals surface area contributed by atoms with Crippen LogP contribution in [-0.4, -0.2) is 32.8 Å². The first kappa shape index (κ1) is 12.3. The van der Waals surface area contributed by atoms with Gasteiger partial charge in [-0.2, -0.15) is 8.42 Å². The Morgan fingerprint density at radius 3 is 2.00 bits per heavy atom. The van der Waals surface area contributed by atoms with Gasteiger partial charge in [-0.25, -0.2) is 0 Å². The van der Waals surface area contributed by atoms with E-state index < -0.39 is 18.0 Å². The van der Waals surface area contributed by atoms with Gasteiger partial charge in [-0.15, -0.1) is 0 Å². The van der Waals surface area contributed by atoms with Crippen molar-refractivity contribution in [2.75, 3.05) is 24.4 Å². The largest absolute Gasteiger partial charge is 0.302 e. The van der Waals surface area contributed by atoms with E-state index in [1.807, 2.05) is 13.8 Å². The third kappa shape index (κ3) is 5.07. The van der Waals surface area contributed by atoms with E-state index in [0.29, 0.717) is 0 Å². The number of hydrogen-bond acceptors (Lipinski definition) is 3. The predicted molar refractivity (Wildman–Crippen MR) is 54.8 cm³/mol. The average molecular weight is 213 g/mol. The molecule has 0 spiro atoms. The van der Waals surface area contributed by atoms with Crippen LogP contribution in [0.2, 0.25) is 0 Å². The Morgan fingerprint density at radius 1 is 1.17 bits per heavy atom. The van der Waals surface area contributed by atoms with Crippen LogP contribution in [0, 0.1) is 0 Å². The summed E-state index contributed by atoms with van der Waals surface area (Å²) in [6.07, 6.45) is 1.99. The summed E-state index contributed by atoms with van der Waals surface area (Å²) in [7, 11) is -3.93. The van der Waals surface area contributed by atoms with Crippen LogP contribution in [0.25, 0.3) is 0 Å². The van der Waals surface area contributed by atoms with Crippen LogP contribution in [0.3, 0.4) is 0 Å². The lowest BCUT2D eigenvalue weighted by Crippen LogP contribution is -2.10. The molecule has 3 nitrogen and oxygen atoms in total. The zero-order chi connectivity index (χ0) is 9.61. The molecule has 0 unspecified atom stereocenters. The van der Waals surface area contributed by atoms with Gasteiger partial charge in [0.1, 0.15) is 0 Å². The Kier molecular flexibility index (Phi) is 6.06. The molecule has 74 valence electrons. The van der Waals surface area contributed by atoms with E-state index in [1.54, 1.807) is 6.92 Å². The average Bonchev–Trinajstić information content (AvgIpc) is 2.00. The van der Waals surface area contributed by atoms with Crippen molar-refractivity contribution >= 4 is 18.0 Å². The highest BCUT2D eigenvalue weighted by Crippen LogP contribution is 2.35. The van der Waals surface area contributed by atoms with Crippen molar-refractivity contribution in [2.45, 2.75) is 20.8 Å². The van der Waals surface area contributed by atoms with E-state index in [1.165, 1.54) is 0 Å². The minimum absolute atomic E-state index is 0.255. The molecule has 0 heterocycles. The summed E-state index contributed by atoms with van der Waals surface area (Å²) in [5, 5.41) is 0. The molecule has 12 heavy (non-hydrogen) atoms. The molecule has 0 aromatic heterocycles. The highest BCUT2D eigenvalue weighted by Gasteiger charge is 2.21. The van der Waals surface area contributed by atoms with Crippen molar-refractivity contribution < 1.29 is 12.6 Å². The Hall–Kier alpha value is 0.340. The lowest BCUT2D eigenvalue weighted by Gasteiger charge is -2.05. The third-order valence-corrected chi connectivity index (χ3v) is 7.32. The van der Waals surface area contributed by atoms with Gasteiger partial charge in [-0.05, 0) is 20.8 Å². The summed E-state index contributed by atoms with van der Waals surface area (Å²) in [5.74, 6) is 0. The molecule has 0 aromatic rings. The van der Waals surface area contributed by atoms with Crippen molar-refractivity contribution in [3.05, 3.63) is 0 Å². The first-order valence-electron chi connectivity index (χ1n) is 4.26. The fraction of sp³-hybridized carbons (Fsp3) is 1.00. The van der Waals surface area contributed by atoms with E-state index >= 15 is 0 Å². The summed E-state index contributed by atoms with van der Waals surface area (Å²) >= 11 is 0. The van der Waals surface area contributed by atoms with E-state index in [0.717, 1.165) is 12.3 Å². The van der Waals surface area contributed by atoms with E-state index in [-0.39, 0.29) is 12.1 Å². The summed E-state index contributed by atoms with van der Waals surface area (Å²) in [6.45, 7) is 6.03. The molecule has 0 bridgehead atoms. The van der Waals surface area contributed by atoms with Crippen LogP contribution in [0.4, 0.5) is 0 Å². The second-order valence-electron chi connectivity index (χ2n) is 2.57. The second-order valence-corrected chi connectivity index (χ2v) is 7.99. The van der Waals surface area contributed by atoms with Crippen LogP contribution in [0.5, 0.6) is 0 Å². The van der Waals surface area contributed by atoms with E-state index in [2.05, 4.69) is 4.18 Å². The molecule has 0 aliphatic rings. The molecule has 0 atom stereocenters. The molecule has 0 amide bonds. The van der Waals surface area contributed by atoms with E-state index in [4.69, 9.17) is 0 Å². The summed E-state index contributed by atoms with van der Waals surface area (Å²) in [4.78, 5) is 0. The Bertz CT molecular complexity index is 197. The number of rotatable bonds is 6. The molecule has 0 rings (SSSR count). The van der Waals surface area contributed by atoms with Gasteiger partial charge < -0.3 is 0 Å². The molecule has 0 radical (unpaired) electrons. The molecule has 0 fully saturated rings. The molecule has 0 saturated carbocycles. The molecule has 0 N–H and O–H groups in total. The highest BCUT2D eigenvalue weighted by atomic mass is 32.2. The lowest BCUT2D eigenvalue weighted by molar-refractivity contribution is 0.341. The van der Waals surface area contributed by atoms with Gasteiger partial charge in [-0.3, -0.25) is 4.18 Å². The summed E-state index contributed by atoms with van der Waals surface area (Å²) in [5.41, 5.74) is 0.262. The molecule has 0 aromatic carbocycles. The summed E-state index contributed by atoms with van der Waals surface area (Å²) < 4.78 is 27.0. The SMILES string of the molecule is CCOS(=O)(=O)C[PH+](CC)CC. The standard InChI is InChI=1S/C7H17O3PS/c1-4-10-12(8,9)7-11(5-2)6-3/h4-7H2,1-3H3/p+1. The number of hydrogen-bond donors (Lipinski definition) is 0. The molecule has 0 saturated heterocycles. The fourth-order valence-corrected chi connectivity index (χ4v) is 5.75. The Labute approximate surface area is 76.4 Å². The maximum absolute atomic E-state index is 11.2. The Morgan fingerprint density at radius 2 is 1.67 bits per heavy atom. The fourth-order valence-electron chi connectivity index (χ4n) is 0.925. The normalized spacial score (nSPS) is 12.3. The highest BCUT2D eigenvalue weighted by molar-refractivity contribution is 7.94. The topological polar surface area (TPSA) is 43.4 Å². The van der Waals surface area contributed by atoms with Crippen LogP contribution in [0.15, 0.2) is 0 Å². The van der Waals surface area contributed by atoms with Gasteiger partial charge in [0.25, 0.3) is 0 Å². The van der Waals surface area contributed by atoms with Gasteiger partial charge in [-0.1, -0.05) is 0 Å². The van der Waals surface area contributed by atoms with Gasteiger partial charge >= 0.3 is 10.1 Å². The van der Waals surface area contributed by atoms with Crippen molar-refractivity contribution in [3.63, 3.8) is 0 Å². The molecule has 0 aliphatic carbocycles. The monoisotopic (exact) mass is 213 g/mol. The van der Waals surface area contributed by atoms with E-state index in [9.17, 15) is 8.42 Å². The van der Waals surface area contributed by atoms with Crippen LogP contribution in [0.1, 0.15) is 20.8 Å². The van der Waals surface area contributed by atoms with Crippen molar-refractivity contribution in [1.82, 2.24) is 0 Å². The van der Waals surface area contributed by atoms with Gasteiger partial charge in [0, 0.05) is 7.92 Å². The van der Waals surface area contributed by atoms with Crippen LogP contribution in [-0.2, 0) is 14.3 Å². The first-order chi connectivity index (χ1) is 5.55. The van der Waals surface area contributed by atoms with Crippen LogP contribution < -0.4 is 0 Å². The minimum atomic E-state index is -3.21. The molecular formula is C7H18O3PS+. The van der Waals surface area contributed by atoms with Crippen LogP contribution >= 0.6 is 7.92 Å². The van der Waals surface area contributed by atoms with Gasteiger partial charge in [0.05, 0.1) is 18.9 Å². The smallest absolute Gasteiger partial charge is 0.268 e. The zero-order valence-electron chi connectivity index (χ0n) is 7.96. The van der Waals surface area contributed by atoms with Crippen molar-refractivity contribution in [2.24, 2.45) is 0 Å². The molecule has 0 aliphatic heterocycles. The molecule has 5 heteroatoms. The first-order valence-corrected chi connectivity index (χ1v) is 7.96. The van der Waals surface area contributed by atoms with Gasteiger partial charge in [0.15, 0.2) is 5.49 Å². The van der Waals surface area contributed by atoms with Gasteiger partial charge in [0.2, 0.25) is 0 Å². The maximum atomic E-state index is 11.2. The van der Waals surface area contributed by atoms with Crippen molar-refractivity contribution in [1.29, 1.82) is 0 Å².